The van der Waals surface area contributed by atoms with Gasteiger partial charge in [-0.1, -0.05) is 12.2 Å². The molecule has 4 heteroatoms. The van der Waals surface area contributed by atoms with Crippen molar-refractivity contribution in [2.45, 2.75) is 0 Å². The molecule has 0 heterocycles. The summed E-state index contributed by atoms with van der Waals surface area (Å²) in [5.74, 6) is 0.211. The van der Waals surface area contributed by atoms with Crippen LogP contribution in [0.4, 0.5) is 0 Å². The van der Waals surface area contributed by atoms with E-state index in [0.717, 1.165) is 0 Å². The summed E-state index contributed by atoms with van der Waals surface area (Å²) in [6.45, 7) is 0.132. The van der Waals surface area contributed by atoms with Gasteiger partial charge in [0.05, 0.1) is 0 Å². The van der Waals surface area contributed by atoms with Crippen LogP contribution >= 0.6 is 0 Å². The maximum absolute atomic E-state index is 9.40. The highest BCUT2D eigenvalue weighted by Crippen LogP contribution is 2.50. The van der Waals surface area contributed by atoms with Gasteiger partial charge >= 0.3 is 0 Å². The van der Waals surface area contributed by atoms with Crippen molar-refractivity contribution in [1.82, 2.24) is 0 Å². The molecule has 4 atom stereocenters. The quantitative estimate of drug-likeness (QED) is 0.477. The lowest BCUT2D eigenvalue weighted by Gasteiger charge is -2.52. The van der Waals surface area contributed by atoms with Gasteiger partial charge in [0, 0.05) is 26.4 Å². The van der Waals surface area contributed by atoms with Crippen LogP contribution in [0.3, 0.4) is 0 Å². The minimum Gasteiger partial charge on any atom is -0.396 e. The first-order valence-electron chi connectivity index (χ1n) is 5.90. The molecule has 4 nitrogen and oxygen atoms in total. The minimum atomic E-state index is 0.0138. The van der Waals surface area contributed by atoms with Crippen LogP contribution in [0.1, 0.15) is 0 Å². The van der Waals surface area contributed by atoms with Crippen molar-refractivity contribution in [3.8, 4) is 0 Å². The predicted molar refractivity (Wildman–Crippen MR) is 58.4 cm³/mol. The third kappa shape index (κ3) is 1.61. The van der Waals surface area contributed by atoms with E-state index in [4.69, 9.17) is 0 Å². The van der Waals surface area contributed by atoms with Crippen LogP contribution in [0.5, 0.6) is 0 Å². The van der Waals surface area contributed by atoms with Gasteiger partial charge in [-0.15, -0.1) is 0 Å². The molecule has 0 unspecified atom stereocenters. The van der Waals surface area contributed by atoms with E-state index in [2.05, 4.69) is 0 Å². The molecular formula is C12H20O4. The van der Waals surface area contributed by atoms with Crippen molar-refractivity contribution in [2.75, 3.05) is 26.4 Å². The molecule has 3 aliphatic rings. The number of fused-ring (bicyclic) bond motifs is 2. The van der Waals surface area contributed by atoms with Gasteiger partial charge in [-0.25, -0.2) is 0 Å². The number of aliphatic hydroxyl groups excluding tert-OH is 4. The van der Waals surface area contributed by atoms with Gasteiger partial charge in [-0.05, 0) is 35.5 Å². The fraction of sp³-hybridized carbons (Fsp3) is 0.833. The Morgan fingerprint density at radius 1 is 0.562 bits per heavy atom. The van der Waals surface area contributed by atoms with Gasteiger partial charge in [-0.2, -0.15) is 0 Å². The predicted octanol–water partition coefficient (Wildman–Crippen LogP) is -0.764. The number of aliphatic hydroxyl groups is 4. The monoisotopic (exact) mass is 228 g/mol. The molecule has 1 saturated carbocycles. The molecule has 92 valence electrons. The molecule has 0 aliphatic heterocycles. The lowest BCUT2D eigenvalue weighted by atomic mass is 9.54. The van der Waals surface area contributed by atoms with Crippen molar-refractivity contribution < 1.29 is 20.4 Å². The van der Waals surface area contributed by atoms with Gasteiger partial charge in [0.25, 0.3) is 0 Å². The first kappa shape index (κ1) is 12.0. The Bertz CT molecular complexity index is 220. The van der Waals surface area contributed by atoms with Crippen LogP contribution in [-0.4, -0.2) is 46.9 Å². The SMILES string of the molecule is OC[C@@H]1C2C=CC([C@H]1CO)[C@@H](CO)[C@@H]2CO. The van der Waals surface area contributed by atoms with Crippen molar-refractivity contribution in [3.63, 3.8) is 0 Å². The van der Waals surface area contributed by atoms with Crippen molar-refractivity contribution in [3.05, 3.63) is 12.2 Å². The average molecular weight is 228 g/mol. The molecular weight excluding hydrogens is 208 g/mol. The van der Waals surface area contributed by atoms with Crippen LogP contribution in [0.2, 0.25) is 0 Å². The summed E-state index contributed by atoms with van der Waals surface area (Å²) in [7, 11) is 0. The smallest absolute Gasteiger partial charge is 0.0468 e. The highest BCUT2D eigenvalue weighted by atomic mass is 16.3. The molecule has 4 N–H and O–H groups in total. The number of rotatable bonds is 4. The summed E-state index contributed by atoms with van der Waals surface area (Å²) < 4.78 is 0. The highest BCUT2D eigenvalue weighted by Gasteiger charge is 2.50. The molecule has 0 aromatic carbocycles. The fourth-order valence-corrected chi connectivity index (χ4v) is 3.63. The Hall–Kier alpha value is -0.420. The molecule has 0 aromatic rings. The molecule has 1 fully saturated rings. The van der Waals surface area contributed by atoms with E-state index in [1.54, 1.807) is 0 Å². The topological polar surface area (TPSA) is 80.9 Å². The van der Waals surface area contributed by atoms with Gasteiger partial charge < -0.3 is 20.4 Å². The van der Waals surface area contributed by atoms with Crippen molar-refractivity contribution >= 4 is 0 Å². The van der Waals surface area contributed by atoms with E-state index < -0.39 is 0 Å². The first-order chi connectivity index (χ1) is 7.78. The Balaban J connectivity index is 2.29. The Labute approximate surface area is 95.2 Å². The zero-order chi connectivity index (χ0) is 11.7. The fourth-order valence-electron chi connectivity index (χ4n) is 3.63. The number of hydrogen-bond donors (Lipinski definition) is 4. The van der Waals surface area contributed by atoms with Gasteiger partial charge in [-0.3, -0.25) is 0 Å². The zero-order valence-corrected chi connectivity index (χ0v) is 9.24. The Morgan fingerprint density at radius 2 is 0.812 bits per heavy atom. The summed E-state index contributed by atoms with van der Waals surface area (Å²) in [4.78, 5) is 0. The molecule has 0 saturated heterocycles. The van der Waals surface area contributed by atoms with E-state index in [1.165, 1.54) is 0 Å². The molecule has 16 heavy (non-hydrogen) atoms. The number of hydrogen-bond acceptors (Lipinski definition) is 4. The molecule has 0 spiro atoms. The van der Waals surface area contributed by atoms with Crippen LogP contribution < -0.4 is 0 Å². The second kappa shape index (κ2) is 4.84. The molecule has 0 radical (unpaired) electrons. The summed E-state index contributed by atoms with van der Waals surface area (Å²) >= 11 is 0. The molecule has 0 aromatic heterocycles. The second-order valence-corrected chi connectivity index (χ2v) is 4.93. The standard InChI is InChI=1S/C12H20O4/c13-3-9-7-1-2-8(11(9)5-15)12(6-16)10(7)4-14/h1-2,7-16H,3-6H2/t7?,8?,9-,10-,11-,12-/m1/s1. The van der Waals surface area contributed by atoms with E-state index in [1.807, 2.05) is 12.2 Å². The summed E-state index contributed by atoms with van der Waals surface area (Å²) in [6, 6.07) is 0. The lowest BCUT2D eigenvalue weighted by Crippen LogP contribution is -2.52. The largest absolute Gasteiger partial charge is 0.396 e. The van der Waals surface area contributed by atoms with Gasteiger partial charge in [0.2, 0.25) is 0 Å². The maximum Gasteiger partial charge on any atom is 0.0468 e. The van der Waals surface area contributed by atoms with Crippen LogP contribution in [0, 0.1) is 35.5 Å². The van der Waals surface area contributed by atoms with Crippen LogP contribution in [-0.2, 0) is 0 Å². The summed E-state index contributed by atoms with van der Waals surface area (Å²) in [5.41, 5.74) is 0. The van der Waals surface area contributed by atoms with E-state index in [-0.39, 0.29) is 61.9 Å². The van der Waals surface area contributed by atoms with Crippen LogP contribution in [0.25, 0.3) is 0 Å². The summed E-state index contributed by atoms with van der Waals surface area (Å²) in [5, 5.41) is 37.6. The first-order valence-corrected chi connectivity index (χ1v) is 5.90. The third-order valence-electron chi connectivity index (χ3n) is 4.48. The number of allylic oxidation sites excluding steroid dienone is 2. The molecule has 3 aliphatic carbocycles. The average Bonchev–Trinajstić information content (AvgIpc) is 2.36. The molecule has 3 rings (SSSR count). The minimum absolute atomic E-state index is 0.0138. The molecule has 0 amide bonds. The molecule has 2 bridgehead atoms. The highest BCUT2D eigenvalue weighted by molar-refractivity contribution is 5.14. The van der Waals surface area contributed by atoms with Crippen molar-refractivity contribution in [1.29, 1.82) is 0 Å². The lowest BCUT2D eigenvalue weighted by molar-refractivity contribution is -0.0739. The van der Waals surface area contributed by atoms with Crippen molar-refractivity contribution in [2.24, 2.45) is 35.5 Å². The Morgan fingerprint density at radius 3 is 1.00 bits per heavy atom. The maximum atomic E-state index is 9.40. The normalized spacial score (nSPS) is 46.2. The van der Waals surface area contributed by atoms with E-state index >= 15 is 0 Å². The third-order valence-corrected chi connectivity index (χ3v) is 4.48. The van der Waals surface area contributed by atoms with Gasteiger partial charge in [0.15, 0.2) is 0 Å². The summed E-state index contributed by atoms with van der Waals surface area (Å²) in [6.07, 6.45) is 4.07. The Kier molecular flexibility index (Phi) is 3.64. The zero-order valence-electron chi connectivity index (χ0n) is 9.24. The van der Waals surface area contributed by atoms with Gasteiger partial charge in [0.1, 0.15) is 0 Å². The van der Waals surface area contributed by atoms with E-state index in [0.29, 0.717) is 0 Å². The van der Waals surface area contributed by atoms with E-state index in [9.17, 15) is 20.4 Å². The van der Waals surface area contributed by atoms with Crippen LogP contribution in [0.15, 0.2) is 12.2 Å². The second-order valence-electron chi connectivity index (χ2n) is 4.93.